The molecule has 8 heteroatoms. The summed E-state index contributed by atoms with van der Waals surface area (Å²) < 4.78 is 0.949. The van der Waals surface area contributed by atoms with Gasteiger partial charge in [0.15, 0.2) is 5.78 Å². The molecule has 3 heterocycles. The number of carbonyl (C=O) groups is 1. The van der Waals surface area contributed by atoms with E-state index >= 15 is 0 Å². The van der Waals surface area contributed by atoms with E-state index in [0.29, 0.717) is 35.4 Å². The maximum absolute atomic E-state index is 13.2. The normalized spacial score (nSPS) is 21.0. The summed E-state index contributed by atoms with van der Waals surface area (Å²) in [5.41, 5.74) is 10.4. The van der Waals surface area contributed by atoms with Crippen LogP contribution in [0.3, 0.4) is 0 Å². The molecule has 3 aliphatic rings. The Morgan fingerprint density at radius 1 is 1.03 bits per heavy atom. The van der Waals surface area contributed by atoms with Gasteiger partial charge >= 0.3 is 0 Å². The lowest BCUT2D eigenvalue weighted by Gasteiger charge is -2.38. The second-order valence-corrected chi connectivity index (χ2v) is 11.9. The van der Waals surface area contributed by atoms with Crippen LogP contribution in [0.4, 0.5) is 5.00 Å². The number of halogens is 1. The molecule has 5 nitrogen and oxygen atoms in total. The van der Waals surface area contributed by atoms with E-state index < -0.39 is 5.92 Å². The minimum absolute atomic E-state index is 0.0719. The van der Waals surface area contributed by atoms with Crippen molar-refractivity contribution in [2.75, 3.05) is 4.90 Å². The van der Waals surface area contributed by atoms with Crippen LogP contribution in [0.1, 0.15) is 65.3 Å². The topological polar surface area (TPSA) is 93.9 Å². The standard InChI is InChI=1S/C24H21BrN4OS2/c25-20-10-9-19(31-20)21-15(12-27)23(28)29(16-6-4-7-17(30)22(16)21)24-14(11-26)13-5-2-1-3-8-18(13)32-24/h9-10,21H,1-8,28H2/t21-/m0/s1. The Labute approximate surface area is 203 Å². The number of allylic oxidation sites excluding steroid dienone is 3. The van der Waals surface area contributed by atoms with Crippen LogP contribution in [0, 0.1) is 22.7 Å². The first kappa shape index (κ1) is 21.5. The van der Waals surface area contributed by atoms with E-state index in [-0.39, 0.29) is 5.78 Å². The van der Waals surface area contributed by atoms with Gasteiger partial charge in [0.25, 0.3) is 0 Å². The molecule has 0 bridgehead atoms. The molecule has 0 spiro atoms. The van der Waals surface area contributed by atoms with Crippen molar-refractivity contribution in [2.24, 2.45) is 5.73 Å². The number of anilines is 1. The first-order valence-electron chi connectivity index (χ1n) is 10.8. The minimum atomic E-state index is -0.446. The second-order valence-electron chi connectivity index (χ2n) is 8.31. The van der Waals surface area contributed by atoms with Crippen molar-refractivity contribution in [2.45, 2.75) is 57.3 Å². The first-order chi connectivity index (χ1) is 15.5. The van der Waals surface area contributed by atoms with Crippen LogP contribution in [-0.2, 0) is 17.6 Å². The second kappa shape index (κ2) is 8.51. The van der Waals surface area contributed by atoms with Crippen molar-refractivity contribution >= 4 is 49.4 Å². The average Bonchev–Trinajstić information content (AvgIpc) is 3.28. The molecule has 0 radical (unpaired) electrons. The van der Waals surface area contributed by atoms with Gasteiger partial charge in [0.05, 0.1) is 26.9 Å². The average molecular weight is 525 g/mol. The monoisotopic (exact) mass is 524 g/mol. The summed E-state index contributed by atoms with van der Waals surface area (Å²) in [6.07, 6.45) is 7.16. The molecular weight excluding hydrogens is 504 g/mol. The zero-order valence-electron chi connectivity index (χ0n) is 17.4. The van der Waals surface area contributed by atoms with Gasteiger partial charge in [0, 0.05) is 27.4 Å². The van der Waals surface area contributed by atoms with E-state index in [1.54, 1.807) is 11.3 Å². The fourth-order valence-corrected chi connectivity index (χ4v) is 8.01. The zero-order valence-corrected chi connectivity index (χ0v) is 20.6. The highest BCUT2D eigenvalue weighted by Crippen LogP contribution is 2.51. The van der Waals surface area contributed by atoms with Crippen molar-refractivity contribution in [3.05, 3.63) is 59.5 Å². The molecule has 1 aliphatic heterocycles. The summed E-state index contributed by atoms with van der Waals surface area (Å²) in [6.45, 7) is 0. The van der Waals surface area contributed by atoms with Gasteiger partial charge in [0.1, 0.15) is 16.9 Å². The number of nitrogens with two attached hydrogens (primary N) is 1. The van der Waals surface area contributed by atoms with Gasteiger partial charge in [-0.15, -0.1) is 22.7 Å². The minimum Gasteiger partial charge on any atom is -0.384 e. The van der Waals surface area contributed by atoms with Gasteiger partial charge in [-0.3, -0.25) is 9.69 Å². The molecule has 5 rings (SSSR count). The van der Waals surface area contributed by atoms with Gasteiger partial charge in [-0.05, 0) is 72.2 Å². The number of fused-ring (bicyclic) bond motifs is 1. The summed E-state index contributed by atoms with van der Waals surface area (Å²) in [7, 11) is 0. The number of ketones is 1. The van der Waals surface area contributed by atoms with E-state index in [2.05, 4.69) is 28.1 Å². The number of hydrogen-bond donors (Lipinski definition) is 1. The van der Waals surface area contributed by atoms with Crippen molar-refractivity contribution < 1.29 is 4.79 Å². The van der Waals surface area contributed by atoms with Gasteiger partial charge in [0.2, 0.25) is 0 Å². The van der Waals surface area contributed by atoms with E-state index in [1.807, 2.05) is 17.0 Å². The Morgan fingerprint density at radius 3 is 2.56 bits per heavy atom. The molecule has 0 aromatic carbocycles. The van der Waals surface area contributed by atoms with Gasteiger partial charge in [-0.2, -0.15) is 10.5 Å². The Bertz CT molecular complexity index is 1270. The highest BCUT2D eigenvalue weighted by molar-refractivity contribution is 9.11. The third-order valence-electron chi connectivity index (χ3n) is 6.51. The van der Waals surface area contributed by atoms with E-state index in [0.717, 1.165) is 57.0 Å². The number of Topliss-reactive ketones (excluding diaryl/α,β-unsaturated/α-hetero) is 1. The number of nitriles is 2. The van der Waals surface area contributed by atoms with Crippen molar-refractivity contribution in [3.8, 4) is 12.1 Å². The van der Waals surface area contributed by atoms with Crippen LogP contribution in [0.2, 0.25) is 0 Å². The highest BCUT2D eigenvalue weighted by Gasteiger charge is 2.42. The molecular formula is C24H21BrN4OS2. The molecule has 1 atom stereocenters. The number of aryl methyl sites for hydroxylation is 1. The zero-order chi connectivity index (χ0) is 22.4. The van der Waals surface area contributed by atoms with E-state index in [4.69, 9.17) is 5.73 Å². The predicted molar refractivity (Wildman–Crippen MR) is 130 cm³/mol. The summed E-state index contributed by atoms with van der Waals surface area (Å²) in [4.78, 5) is 17.3. The summed E-state index contributed by atoms with van der Waals surface area (Å²) in [5, 5.41) is 21.0. The predicted octanol–water partition coefficient (Wildman–Crippen LogP) is 6.02. The molecule has 162 valence electrons. The third kappa shape index (κ3) is 3.33. The lowest BCUT2D eigenvalue weighted by molar-refractivity contribution is -0.116. The lowest BCUT2D eigenvalue weighted by atomic mass is 9.78. The first-order valence-corrected chi connectivity index (χ1v) is 13.2. The number of thiophene rings is 2. The molecule has 0 unspecified atom stereocenters. The van der Waals surface area contributed by atoms with Crippen LogP contribution in [-0.4, -0.2) is 5.78 Å². The Balaban J connectivity index is 1.75. The van der Waals surface area contributed by atoms with Crippen LogP contribution >= 0.6 is 38.6 Å². The third-order valence-corrected chi connectivity index (χ3v) is 9.47. The maximum Gasteiger partial charge on any atom is 0.161 e. The van der Waals surface area contributed by atoms with E-state index in [9.17, 15) is 15.3 Å². The van der Waals surface area contributed by atoms with E-state index in [1.165, 1.54) is 22.6 Å². The van der Waals surface area contributed by atoms with Gasteiger partial charge < -0.3 is 5.73 Å². The number of carbonyl (C=O) groups excluding carboxylic acids is 1. The van der Waals surface area contributed by atoms with Crippen LogP contribution < -0.4 is 10.6 Å². The number of hydrogen-bond acceptors (Lipinski definition) is 7. The fourth-order valence-electron chi connectivity index (χ4n) is 5.09. The highest BCUT2D eigenvalue weighted by atomic mass is 79.9. The molecule has 2 aromatic rings. The Morgan fingerprint density at radius 2 is 1.84 bits per heavy atom. The molecule has 2 aliphatic carbocycles. The summed E-state index contributed by atoms with van der Waals surface area (Å²) in [6, 6.07) is 8.64. The van der Waals surface area contributed by atoms with Crippen LogP contribution in [0.15, 0.2) is 38.6 Å². The molecule has 2 aromatic heterocycles. The quantitative estimate of drug-likeness (QED) is 0.484. The molecule has 0 saturated carbocycles. The molecule has 32 heavy (non-hydrogen) atoms. The molecule has 2 N–H and O–H groups in total. The van der Waals surface area contributed by atoms with Crippen LogP contribution in [0.25, 0.3) is 0 Å². The molecule has 0 fully saturated rings. The van der Waals surface area contributed by atoms with Crippen molar-refractivity contribution in [3.63, 3.8) is 0 Å². The summed E-state index contributed by atoms with van der Waals surface area (Å²) in [5.74, 6) is -0.0234. The molecule has 0 amide bonds. The Kier molecular flexibility index (Phi) is 5.71. The lowest BCUT2D eigenvalue weighted by Crippen LogP contribution is -2.38. The Hall–Kier alpha value is -2.39. The van der Waals surface area contributed by atoms with Gasteiger partial charge in [-0.1, -0.05) is 6.42 Å². The van der Waals surface area contributed by atoms with Crippen molar-refractivity contribution in [1.82, 2.24) is 0 Å². The van der Waals surface area contributed by atoms with Crippen LogP contribution in [0.5, 0.6) is 0 Å². The molecule has 0 saturated heterocycles. The largest absolute Gasteiger partial charge is 0.384 e. The number of nitrogens with zero attached hydrogens (tertiary/aromatic N) is 3. The van der Waals surface area contributed by atoms with Crippen molar-refractivity contribution in [1.29, 1.82) is 10.5 Å². The summed E-state index contributed by atoms with van der Waals surface area (Å²) >= 11 is 6.64. The fraction of sp³-hybridized carbons (Fsp3) is 0.375. The van der Waals surface area contributed by atoms with Gasteiger partial charge in [-0.25, -0.2) is 0 Å². The number of rotatable bonds is 2. The SMILES string of the molecule is N#CC1=C(N)N(c2sc3c(c2C#N)CCCCC3)C2=C(C(=O)CCC2)[C@@H]1c1ccc(Br)s1. The maximum atomic E-state index is 13.2. The smallest absolute Gasteiger partial charge is 0.161 e.